The molecular weight excluding hydrogens is 322 g/mol. The molecule has 1 N–H and O–H groups in total. The zero-order valence-corrected chi connectivity index (χ0v) is 14.6. The number of carbonyl (C=O) groups is 2. The van der Waals surface area contributed by atoms with Crippen molar-refractivity contribution in [3.63, 3.8) is 0 Å². The van der Waals surface area contributed by atoms with Crippen LogP contribution in [0.4, 0.5) is 0 Å². The van der Waals surface area contributed by atoms with E-state index in [4.69, 9.17) is 13.9 Å². The van der Waals surface area contributed by atoms with Crippen molar-refractivity contribution in [3.8, 4) is 0 Å². The molecule has 0 radical (unpaired) electrons. The number of carboxylic acid groups (broad SMARTS) is 1. The van der Waals surface area contributed by atoms with Gasteiger partial charge in [0.1, 0.15) is 23.7 Å². The number of likely N-dealkylation sites (tertiary alicyclic amines) is 1. The van der Waals surface area contributed by atoms with E-state index < -0.39 is 5.97 Å². The summed E-state index contributed by atoms with van der Waals surface area (Å²) in [6.07, 6.45) is 5.01. The summed E-state index contributed by atoms with van der Waals surface area (Å²) in [6, 6.07) is 3.70. The molecule has 1 saturated heterocycles. The molecule has 1 atom stereocenters. The van der Waals surface area contributed by atoms with Gasteiger partial charge in [-0.05, 0) is 38.8 Å². The van der Waals surface area contributed by atoms with E-state index in [1.165, 1.54) is 6.26 Å². The number of hydrogen-bond acceptors (Lipinski definition) is 4. The molecule has 0 saturated carbocycles. The standard InChI is InChI=1S/C19H23NO5/c1-12-11-24-16(10-17(21)22)18(12)19(23)20-9-5-3-4-6-14(20)15-8-7-13(2)25-15/h7-8,11,14H,3-6,9-10H2,1-2H3,(H,21,22). The third kappa shape index (κ3) is 3.62. The van der Waals surface area contributed by atoms with Crippen LogP contribution in [0.1, 0.15) is 64.9 Å². The predicted octanol–water partition coefficient (Wildman–Crippen LogP) is 3.87. The third-order valence-electron chi connectivity index (χ3n) is 4.68. The molecule has 1 aliphatic rings. The van der Waals surface area contributed by atoms with E-state index in [0.717, 1.165) is 37.2 Å². The van der Waals surface area contributed by atoms with E-state index in [9.17, 15) is 9.59 Å². The van der Waals surface area contributed by atoms with E-state index in [0.29, 0.717) is 17.7 Å². The molecule has 1 fully saturated rings. The average Bonchev–Trinajstić information content (AvgIpc) is 3.04. The van der Waals surface area contributed by atoms with Gasteiger partial charge in [0.2, 0.25) is 0 Å². The van der Waals surface area contributed by atoms with Crippen LogP contribution in [-0.4, -0.2) is 28.4 Å². The summed E-state index contributed by atoms with van der Waals surface area (Å²) < 4.78 is 11.1. The highest BCUT2D eigenvalue weighted by Crippen LogP contribution is 2.33. The van der Waals surface area contributed by atoms with Gasteiger partial charge in [-0.25, -0.2) is 0 Å². The average molecular weight is 345 g/mol. The summed E-state index contributed by atoms with van der Waals surface area (Å²) in [7, 11) is 0. The Bertz CT molecular complexity index is 773. The summed E-state index contributed by atoms with van der Waals surface area (Å²) in [5, 5.41) is 9.07. The largest absolute Gasteiger partial charge is 0.481 e. The van der Waals surface area contributed by atoms with Crippen LogP contribution in [0.25, 0.3) is 0 Å². The molecule has 0 bridgehead atoms. The van der Waals surface area contributed by atoms with Crippen LogP contribution >= 0.6 is 0 Å². The van der Waals surface area contributed by atoms with Crippen LogP contribution in [0, 0.1) is 13.8 Å². The minimum Gasteiger partial charge on any atom is -0.481 e. The van der Waals surface area contributed by atoms with E-state index in [1.807, 2.05) is 24.0 Å². The molecule has 2 aromatic heterocycles. The fraction of sp³-hybridized carbons (Fsp3) is 0.474. The van der Waals surface area contributed by atoms with Crippen LogP contribution in [0.2, 0.25) is 0 Å². The Labute approximate surface area is 146 Å². The smallest absolute Gasteiger partial charge is 0.311 e. The normalized spacial score (nSPS) is 18.2. The molecule has 3 heterocycles. The molecule has 134 valence electrons. The van der Waals surface area contributed by atoms with Gasteiger partial charge in [0.05, 0.1) is 17.9 Å². The Balaban J connectivity index is 1.95. The monoisotopic (exact) mass is 345 g/mol. The predicted molar refractivity (Wildman–Crippen MR) is 90.5 cm³/mol. The molecule has 2 aromatic rings. The first kappa shape index (κ1) is 17.3. The van der Waals surface area contributed by atoms with E-state index in [2.05, 4.69) is 0 Å². The highest BCUT2D eigenvalue weighted by Gasteiger charge is 2.32. The van der Waals surface area contributed by atoms with Gasteiger partial charge < -0.3 is 18.8 Å². The number of furan rings is 2. The second-order valence-electron chi connectivity index (χ2n) is 6.60. The summed E-state index contributed by atoms with van der Waals surface area (Å²) >= 11 is 0. The van der Waals surface area contributed by atoms with Gasteiger partial charge in [0, 0.05) is 12.1 Å². The summed E-state index contributed by atoms with van der Waals surface area (Å²) in [5.74, 6) is 0.626. The van der Waals surface area contributed by atoms with Crippen molar-refractivity contribution in [2.45, 2.75) is 52.0 Å². The van der Waals surface area contributed by atoms with Crippen LogP contribution < -0.4 is 0 Å². The van der Waals surface area contributed by atoms with E-state index in [-0.39, 0.29) is 24.1 Å². The highest BCUT2D eigenvalue weighted by molar-refractivity contribution is 5.97. The lowest BCUT2D eigenvalue weighted by Crippen LogP contribution is -2.35. The van der Waals surface area contributed by atoms with Gasteiger partial charge >= 0.3 is 5.97 Å². The number of carbonyl (C=O) groups excluding carboxylic acids is 1. The summed E-state index contributed by atoms with van der Waals surface area (Å²) in [4.78, 5) is 26.1. The first-order valence-corrected chi connectivity index (χ1v) is 8.63. The molecule has 0 aliphatic carbocycles. The second kappa shape index (κ2) is 7.17. The third-order valence-corrected chi connectivity index (χ3v) is 4.68. The number of amides is 1. The zero-order chi connectivity index (χ0) is 18.0. The number of nitrogens with zero attached hydrogens (tertiary/aromatic N) is 1. The molecular formula is C19H23NO5. The van der Waals surface area contributed by atoms with Crippen molar-refractivity contribution >= 4 is 11.9 Å². The van der Waals surface area contributed by atoms with Gasteiger partial charge in [0.25, 0.3) is 5.91 Å². The van der Waals surface area contributed by atoms with Crippen LogP contribution in [-0.2, 0) is 11.2 Å². The van der Waals surface area contributed by atoms with E-state index in [1.54, 1.807) is 6.92 Å². The Hall–Kier alpha value is -2.50. The number of aryl methyl sites for hydroxylation is 2. The quantitative estimate of drug-likeness (QED) is 0.909. The van der Waals surface area contributed by atoms with Crippen molar-refractivity contribution in [1.82, 2.24) is 4.90 Å². The molecule has 3 rings (SSSR count). The summed E-state index contributed by atoms with van der Waals surface area (Å²) in [6.45, 7) is 4.28. The van der Waals surface area contributed by atoms with Crippen LogP contribution in [0.15, 0.2) is 27.2 Å². The zero-order valence-electron chi connectivity index (χ0n) is 14.6. The van der Waals surface area contributed by atoms with Crippen molar-refractivity contribution < 1.29 is 23.5 Å². The molecule has 0 aromatic carbocycles. The van der Waals surface area contributed by atoms with Gasteiger partial charge in [-0.1, -0.05) is 12.8 Å². The molecule has 0 spiro atoms. The van der Waals surface area contributed by atoms with Crippen LogP contribution in [0.5, 0.6) is 0 Å². The Morgan fingerprint density at radius 2 is 2.04 bits per heavy atom. The lowest BCUT2D eigenvalue weighted by molar-refractivity contribution is -0.136. The maximum absolute atomic E-state index is 13.3. The Morgan fingerprint density at radius 3 is 2.72 bits per heavy atom. The van der Waals surface area contributed by atoms with Crippen molar-refractivity contribution in [2.75, 3.05) is 6.54 Å². The van der Waals surface area contributed by atoms with Gasteiger partial charge in [-0.2, -0.15) is 0 Å². The molecule has 1 aliphatic heterocycles. The maximum Gasteiger partial charge on any atom is 0.311 e. The van der Waals surface area contributed by atoms with Crippen molar-refractivity contribution in [2.24, 2.45) is 0 Å². The van der Waals surface area contributed by atoms with Crippen molar-refractivity contribution in [3.05, 3.63) is 46.8 Å². The number of hydrogen-bond donors (Lipinski definition) is 1. The molecule has 25 heavy (non-hydrogen) atoms. The van der Waals surface area contributed by atoms with Crippen molar-refractivity contribution in [1.29, 1.82) is 0 Å². The number of aliphatic carboxylic acids is 1. The maximum atomic E-state index is 13.3. The first-order valence-electron chi connectivity index (χ1n) is 8.63. The molecule has 1 amide bonds. The molecule has 6 nitrogen and oxygen atoms in total. The fourth-order valence-corrected chi connectivity index (χ4v) is 3.48. The topological polar surface area (TPSA) is 83.9 Å². The van der Waals surface area contributed by atoms with Gasteiger partial charge in [-0.3, -0.25) is 9.59 Å². The summed E-state index contributed by atoms with van der Waals surface area (Å²) in [5.41, 5.74) is 1.04. The highest BCUT2D eigenvalue weighted by atomic mass is 16.4. The first-order chi connectivity index (χ1) is 12.0. The Morgan fingerprint density at radius 1 is 1.24 bits per heavy atom. The lowest BCUT2D eigenvalue weighted by Gasteiger charge is -2.29. The number of carboxylic acids is 1. The SMILES string of the molecule is Cc1ccc(C2CCCCCN2C(=O)c2c(C)coc2CC(=O)O)o1. The fourth-order valence-electron chi connectivity index (χ4n) is 3.48. The minimum atomic E-state index is -1.02. The van der Waals surface area contributed by atoms with Gasteiger partial charge in [0.15, 0.2) is 0 Å². The second-order valence-corrected chi connectivity index (χ2v) is 6.60. The molecule has 6 heteroatoms. The minimum absolute atomic E-state index is 0.129. The Kier molecular flexibility index (Phi) is 4.97. The van der Waals surface area contributed by atoms with Crippen LogP contribution in [0.3, 0.4) is 0 Å². The number of rotatable bonds is 4. The molecule has 1 unspecified atom stereocenters. The van der Waals surface area contributed by atoms with E-state index >= 15 is 0 Å². The lowest BCUT2D eigenvalue weighted by atomic mass is 10.0. The van der Waals surface area contributed by atoms with Gasteiger partial charge in [-0.15, -0.1) is 0 Å².